The number of nitrogens with one attached hydrogen (secondary N) is 2. The lowest BCUT2D eigenvalue weighted by molar-refractivity contribution is 0.276. The van der Waals surface area contributed by atoms with E-state index < -0.39 is 0 Å². The normalized spacial score (nSPS) is 12.0. The van der Waals surface area contributed by atoms with Crippen LogP contribution in [0.25, 0.3) is 0 Å². The molecule has 3 aromatic rings. The third kappa shape index (κ3) is 4.47. The minimum Gasteiger partial charge on any atom is -0.394 e. The summed E-state index contributed by atoms with van der Waals surface area (Å²) in [6.45, 7) is -0.109. The van der Waals surface area contributed by atoms with E-state index in [-0.39, 0.29) is 12.6 Å². The Balaban J connectivity index is 1.82. The number of rotatable bonds is 6. The molecule has 0 aliphatic rings. The predicted molar refractivity (Wildman–Crippen MR) is 101 cm³/mol. The molecule has 0 radical (unpaired) electrons. The van der Waals surface area contributed by atoms with Gasteiger partial charge in [-0.25, -0.2) is 4.98 Å². The van der Waals surface area contributed by atoms with E-state index in [1.165, 1.54) is 6.20 Å². The number of anilines is 3. The van der Waals surface area contributed by atoms with Crippen molar-refractivity contribution in [3.05, 3.63) is 57.9 Å². The molecule has 130 valence electrons. The fourth-order valence-corrected chi connectivity index (χ4v) is 2.83. The fourth-order valence-electron chi connectivity index (χ4n) is 2.27. The standard InChI is InChI=1S/C16H16BrClN6O/c1-24-8-12(6-20-24)21-16-19-7-13(18)15(23-16)22-14(9-25)10-3-2-4-11(17)5-10/h2-8,14,25H,9H2,1H3,(H2,19,21,22,23). The summed E-state index contributed by atoms with van der Waals surface area (Å²) >= 11 is 9.63. The molecule has 7 nitrogen and oxygen atoms in total. The van der Waals surface area contributed by atoms with Crippen LogP contribution in [0.5, 0.6) is 0 Å². The van der Waals surface area contributed by atoms with Crippen molar-refractivity contribution >= 4 is 45.0 Å². The molecule has 1 unspecified atom stereocenters. The monoisotopic (exact) mass is 422 g/mol. The lowest BCUT2D eigenvalue weighted by atomic mass is 10.1. The summed E-state index contributed by atoms with van der Waals surface area (Å²) in [7, 11) is 1.82. The van der Waals surface area contributed by atoms with Gasteiger partial charge in [0.15, 0.2) is 5.82 Å². The van der Waals surface area contributed by atoms with Crippen molar-refractivity contribution in [1.29, 1.82) is 0 Å². The van der Waals surface area contributed by atoms with Gasteiger partial charge in [-0.2, -0.15) is 10.1 Å². The number of aliphatic hydroxyl groups excluding tert-OH is 1. The van der Waals surface area contributed by atoms with Crippen molar-refractivity contribution in [3.8, 4) is 0 Å². The minimum atomic E-state index is -0.351. The Labute approximate surface area is 158 Å². The van der Waals surface area contributed by atoms with Crippen molar-refractivity contribution < 1.29 is 5.11 Å². The van der Waals surface area contributed by atoms with E-state index in [0.29, 0.717) is 16.8 Å². The molecule has 0 fully saturated rings. The predicted octanol–water partition coefficient (Wildman–Crippen LogP) is 3.52. The highest BCUT2D eigenvalue weighted by Gasteiger charge is 2.14. The zero-order valence-corrected chi connectivity index (χ0v) is 15.7. The molecule has 3 N–H and O–H groups in total. The molecular formula is C16H16BrClN6O. The second kappa shape index (κ2) is 7.81. The van der Waals surface area contributed by atoms with Gasteiger partial charge in [0.25, 0.3) is 0 Å². The molecular weight excluding hydrogens is 408 g/mol. The maximum Gasteiger partial charge on any atom is 0.229 e. The van der Waals surface area contributed by atoms with Gasteiger partial charge < -0.3 is 15.7 Å². The van der Waals surface area contributed by atoms with Crippen molar-refractivity contribution in [1.82, 2.24) is 19.7 Å². The summed E-state index contributed by atoms with van der Waals surface area (Å²) < 4.78 is 2.60. The zero-order chi connectivity index (χ0) is 17.8. The van der Waals surface area contributed by atoms with Gasteiger partial charge in [-0.1, -0.05) is 39.7 Å². The third-order valence-electron chi connectivity index (χ3n) is 3.45. The first kappa shape index (κ1) is 17.7. The van der Waals surface area contributed by atoms with Crippen LogP contribution in [0.3, 0.4) is 0 Å². The van der Waals surface area contributed by atoms with Gasteiger partial charge in [-0.05, 0) is 17.7 Å². The van der Waals surface area contributed by atoms with E-state index >= 15 is 0 Å². The number of nitrogens with zero attached hydrogens (tertiary/aromatic N) is 4. The number of aryl methyl sites for hydroxylation is 1. The van der Waals surface area contributed by atoms with Gasteiger partial charge in [0, 0.05) is 17.7 Å². The van der Waals surface area contributed by atoms with Gasteiger partial charge in [-0.15, -0.1) is 0 Å². The first-order chi connectivity index (χ1) is 12.0. The number of hydrogen-bond donors (Lipinski definition) is 3. The second-order valence-corrected chi connectivity index (χ2v) is 6.68. The van der Waals surface area contributed by atoms with Crippen LogP contribution in [0, 0.1) is 0 Å². The SMILES string of the molecule is Cn1cc(Nc2ncc(Cl)c(NC(CO)c3cccc(Br)c3)n2)cn1. The molecule has 25 heavy (non-hydrogen) atoms. The number of halogens is 2. The highest BCUT2D eigenvalue weighted by atomic mass is 79.9. The van der Waals surface area contributed by atoms with Crippen LogP contribution in [-0.4, -0.2) is 31.5 Å². The molecule has 0 spiro atoms. The van der Waals surface area contributed by atoms with Gasteiger partial charge in [0.2, 0.25) is 5.95 Å². The summed E-state index contributed by atoms with van der Waals surface area (Å²) in [4.78, 5) is 8.55. The Hall–Kier alpha value is -2.16. The molecule has 9 heteroatoms. The largest absolute Gasteiger partial charge is 0.394 e. The molecule has 0 aliphatic heterocycles. The van der Waals surface area contributed by atoms with Crippen LogP contribution in [-0.2, 0) is 7.05 Å². The van der Waals surface area contributed by atoms with Gasteiger partial charge in [-0.3, -0.25) is 4.68 Å². The number of aromatic nitrogens is 4. The number of hydrogen-bond acceptors (Lipinski definition) is 6. The Morgan fingerprint density at radius 3 is 2.88 bits per heavy atom. The molecule has 3 rings (SSSR count). The summed E-state index contributed by atoms with van der Waals surface area (Å²) in [6, 6.07) is 7.32. The molecule has 0 amide bonds. The van der Waals surface area contributed by atoms with Crippen LogP contribution in [0.15, 0.2) is 47.3 Å². The highest BCUT2D eigenvalue weighted by Crippen LogP contribution is 2.26. The number of benzene rings is 1. The van der Waals surface area contributed by atoms with Crippen LogP contribution in [0.1, 0.15) is 11.6 Å². The van der Waals surface area contributed by atoms with Gasteiger partial charge >= 0.3 is 0 Å². The molecule has 0 bridgehead atoms. The summed E-state index contributed by atoms with van der Waals surface area (Å²) in [5.41, 5.74) is 1.68. The maximum atomic E-state index is 9.74. The van der Waals surface area contributed by atoms with E-state index in [4.69, 9.17) is 11.6 Å². The van der Waals surface area contributed by atoms with Gasteiger partial charge in [0.1, 0.15) is 5.02 Å². The van der Waals surface area contributed by atoms with E-state index in [0.717, 1.165) is 15.7 Å². The Morgan fingerprint density at radius 2 is 2.20 bits per heavy atom. The molecule has 0 aliphatic carbocycles. The Bertz CT molecular complexity index is 871. The average Bonchev–Trinajstić information content (AvgIpc) is 3.00. The van der Waals surface area contributed by atoms with Crippen LogP contribution in [0.2, 0.25) is 5.02 Å². The summed E-state index contributed by atoms with van der Waals surface area (Å²) in [5, 5.41) is 20.4. The second-order valence-electron chi connectivity index (χ2n) is 5.35. The Morgan fingerprint density at radius 1 is 1.36 bits per heavy atom. The maximum absolute atomic E-state index is 9.74. The van der Waals surface area contributed by atoms with Crippen LogP contribution >= 0.6 is 27.5 Å². The number of aliphatic hydroxyl groups is 1. The third-order valence-corrected chi connectivity index (χ3v) is 4.22. The average molecular weight is 424 g/mol. The molecule has 2 aromatic heterocycles. The lowest BCUT2D eigenvalue weighted by Crippen LogP contribution is -2.16. The fraction of sp³-hybridized carbons (Fsp3) is 0.188. The van der Waals surface area contributed by atoms with Crippen molar-refractivity contribution in [2.24, 2.45) is 7.05 Å². The van der Waals surface area contributed by atoms with E-state index in [1.807, 2.05) is 37.5 Å². The summed E-state index contributed by atoms with van der Waals surface area (Å²) in [6.07, 6.45) is 4.98. The molecule has 1 aromatic carbocycles. The first-order valence-electron chi connectivity index (χ1n) is 7.46. The van der Waals surface area contributed by atoms with Crippen LogP contribution < -0.4 is 10.6 Å². The van der Waals surface area contributed by atoms with Crippen molar-refractivity contribution in [3.63, 3.8) is 0 Å². The topological polar surface area (TPSA) is 87.9 Å². The van der Waals surface area contributed by atoms with Gasteiger partial charge in [0.05, 0.1) is 30.7 Å². The highest BCUT2D eigenvalue weighted by molar-refractivity contribution is 9.10. The molecule has 0 saturated heterocycles. The summed E-state index contributed by atoms with van der Waals surface area (Å²) in [5.74, 6) is 0.813. The smallest absolute Gasteiger partial charge is 0.229 e. The molecule has 2 heterocycles. The zero-order valence-electron chi connectivity index (χ0n) is 13.3. The lowest BCUT2D eigenvalue weighted by Gasteiger charge is -2.18. The van der Waals surface area contributed by atoms with E-state index in [9.17, 15) is 5.11 Å². The molecule has 1 atom stereocenters. The minimum absolute atomic E-state index is 0.109. The first-order valence-corrected chi connectivity index (χ1v) is 8.63. The Kier molecular flexibility index (Phi) is 5.52. The van der Waals surface area contributed by atoms with Crippen molar-refractivity contribution in [2.45, 2.75) is 6.04 Å². The quantitative estimate of drug-likeness (QED) is 0.562. The van der Waals surface area contributed by atoms with E-state index in [1.54, 1.807) is 10.9 Å². The van der Waals surface area contributed by atoms with Crippen LogP contribution in [0.4, 0.5) is 17.5 Å². The van der Waals surface area contributed by atoms with E-state index in [2.05, 4.69) is 41.6 Å². The molecule has 0 saturated carbocycles. The van der Waals surface area contributed by atoms with Crippen molar-refractivity contribution in [2.75, 3.05) is 17.2 Å².